The average Bonchev–Trinajstić information content (AvgIpc) is 3.08. The van der Waals surface area contributed by atoms with Crippen molar-refractivity contribution in [2.45, 2.75) is 24.8 Å². The third-order valence-corrected chi connectivity index (χ3v) is 8.03. The zero-order valence-electron chi connectivity index (χ0n) is 17.1. The molecule has 0 unspecified atom stereocenters. The van der Waals surface area contributed by atoms with Crippen molar-refractivity contribution in [3.8, 4) is 5.75 Å². The Labute approximate surface area is 184 Å². The van der Waals surface area contributed by atoms with Crippen LogP contribution in [0, 0.1) is 0 Å². The second kappa shape index (κ2) is 9.80. The van der Waals surface area contributed by atoms with Crippen molar-refractivity contribution in [2.75, 3.05) is 24.9 Å². The number of ether oxygens (including phenoxy) is 1. The Morgan fingerprint density at radius 3 is 2.57 bits per heavy atom. The minimum Gasteiger partial charge on any atom is -0.497 e. The number of thiazole rings is 1. The van der Waals surface area contributed by atoms with E-state index in [1.807, 2.05) is 24.5 Å². The van der Waals surface area contributed by atoms with Crippen LogP contribution in [0.5, 0.6) is 5.75 Å². The van der Waals surface area contributed by atoms with Gasteiger partial charge in [0.05, 0.1) is 34.4 Å². The molecule has 0 aliphatic heterocycles. The SMILES string of the molecule is CCS(=O)(=O)c1ccc(CC(=O)N=c2sc3cc(OC)ccc3n2CCSC)cc1. The number of thioether (sulfide) groups is 1. The molecule has 3 rings (SSSR count). The normalized spacial score (nSPS) is 12.4. The lowest BCUT2D eigenvalue weighted by atomic mass is 10.1. The number of rotatable bonds is 8. The van der Waals surface area contributed by atoms with E-state index in [4.69, 9.17) is 4.74 Å². The zero-order chi connectivity index (χ0) is 21.7. The molecule has 0 N–H and O–H groups in total. The smallest absolute Gasteiger partial charge is 0.252 e. The minimum absolute atomic E-state index is 0.0490. The Balaban J connectivity index is 1.90. The Morgan fingerprint density at radius 1 is 1.20 bits per heavy atom. The number of methoxy groups -OCH3 is 1. The Kier molecular flexibility index (Phi) is 7.38. The summed E-state index contributed by atoms with van der Waals surface area (Å²) in [4.78, 5) is 17.9. The highest BCUT2D eigenvalue weighted by molar-refractivity contribution is 7.98. The fourth-order valence-corrected chi connectivity index (χ4v) is 5.32. The van der Waals surface area contributed by atoms with Gasteiger partial charge >= 0.3 is 0 Å². The van der Waals surface area contributed by atoms with Crippen molar-refractivity contribution in [1.29, 1.82) is 0 Å². The molecule has 0 aliphatic carbocycles. The molecule has 30 heavy (non-hydrogen) atoms. The number of aryl methyl sites for hydroxylation is 1. The topological polar surface area (TPSA) is 77.7 Å². The number of aromatic nitrogens is 1. The van der Waals surface area contributed by atoms with Crippen LogP contribution in [0.2, 0.25) is 0 Å². The second-order valence-electron chi connectivity index (χ2n) is 6.59. The minimum atomic E-state index is -3.25. The first-order valence-electron chi connectivity index (χ1n) is 9.43. The number of nitrogens with zero attached hydrogens (tertiary/aromatic N) is 2. The van der Waals surface area contributed by atoms with Crippen LogP contribution in [0.25, 0.3) is 10.2 Å². The molecule has 0 spiro atoms. The van der Waals surface area contributed by atoms with Gasteiger partial charge in [-0.25, -0.2) is 8.42 Å². The van der Waals surface area contributed by atoms with Crippen LogP contribution in [-0.4, -0.2) is 43.8 Å². The van der Waals surface area contributed by atoms with Gasteiger partial charge in [-0.1, -0.05) is 30.4 Å². The van der Waals surface area contributed by atoms with Crippen molar-refractivity contribution in [1.82, 2.24) is 4.57 Å². The number of carbonyl (C=O) groups is 1. The molecule has 0 radical (unpaired) electrons. The first kappa shape index (κ1) is 22.6. The van der Waals surface area contributed by atoms with Crippen LogP contribution in [0.3, 0.4) is 0 Å². The monoisotopic (exact) mass is 464 g/mol. The summed E-state index contributed by atoms with van der Waals surface area (Å²) in [5, 5.41) is 0. The van der Waals surface area contributed by atoms with E-state index in [2.05, 4.69) is 9.56 Å². The lowest BCUT2D eigenvalue weighted by Crippen LogP contribution is -2.18. The zero-order valence-corrected chi connectivity index (χ0v) is 19.6. The molecule has 160 valence electrons. The lowest BCUT2D eigenvalue weighted by molar-refractivity contribution is -0.117. The lowest BCUT2D eigenvalue weighted by Gasteiger charge is -2.05. The number of benzene rings is 2. The standard InChI is InChI=1S/C21H24N2O4S3/c1-4-30(25,26)17-8-5-15(6-9-17)13-20(24)22-21-23(11-12-28-3)18-10-7-16(27-2)14-19(18)29-21/h5-10,14H,4,11-13H2,1-3H3. The molecule has 2 aromatic carbocycles. The van der Waals surface area contributed by atoms with Crippen LogP contribution in [-0.2, 0) is 27.6 Å². The molecule has 1 amide bonds. The molecule has 0 fully saturated rings. The molecule has 1 heterocycles. The van der Waals surface area contributed by atoms with Crippen molar-refractivity contribution >= 4 is 49.1 Å². The summed E-state index contributed by atoms with van der Waals surface area (Å²) in [7, 11) is -1.62. The predicted molar refractivity (Wildman–Crippen MR) is 123 cm³/mol. The maximum atomic E-state index is 12.6. The number of hydrogen-bond acceptors (Lipinski definition) is 6. The summed E-state index contributed by atoms with van der Waals surface area (Å²) in [5.41, 5.74) is 1.76. The largest absolute Gasteiger partial charge is 0.497 e. The van der Waals surface area contributed by atoms with Gasteiger partial charge in [-0.05, 0) is 42.2 Å². The van der Waals surface area contributed by atoms with E-state index in [1.165, 1.54) is 11.3 Å². The maximum Gasteiger partial charge on any atom is 0.252 e. The van der Waals surface area contributed by atoms with E-state index < -0.39 is 9.84 Å². The molecule has 0 aliphatic rings. The Bertz CT molecular complexity index is 1210. The quantitative estimate of drug-likeness (QED) is 0.510. The van der Waals surface area contributed by atoms with Crippen molar-refractivity contribution in [3.63, 3.8) is 0 Å². The molecule has 3 aromatic rings. The summed E-state index contributed by atoms with van der Waals surface area (Å²) in [6.07, 6.45) is 2.16. The molecule has 9 heteroatoms. The molecular formula is C21H24N2O4S3. The molecule has 0 saturated heterocycles. The number of carbonyl (C=O) groups excluding carboxylic acids is 1. The summed E-state index contributed by atoms with van der Waals surface area (Å²) in [5.74, 6) is 1.46. The number of amides is 1. The van der Waals surface area contributed by atoms with Crippen molar-refractivity contribution in [2.24, 2.45) is 4.99 Å². The van der Waals surface area contributed by atoms with Gasteiger partial charge in [0.1, 0.15) is 5.75 Å². The van der Waals surface area contributed by atoms with Gasteiger partial charge in [-0.15, -0.1) is 0 Å². The summed E-state index contributed by atoms with van der Waals surface area (Å²) >= 11 is 3.19. The highest BCUT2D eigenvalue weighted by Crippen LogP contribution is 2.23. The summed E-state index contributed by atoms with van der Waals surface area (Å²) in [6.45, 7) is 2.36. The third kappa shape index (κ3) is 5.14. The van der Waals surface area contributed by atoms with E-state index >= 15 is 0 Å². The van der Waals surface area contributed by atoms with Crippen LogP contribution in [0.4, 0.5) is 0 Å². The summed E-state index contributed by atoms with van der Waals surface area (Å²) in [6, 6.07) is 12.3. The summed E-state index contributed by atoms with van der Waals surface area (Å²) < 4.78 is 32.2. The number of fused-ring (bicyclic) bond motifs is 1. The van der Waals surface area contributed by atoms with Crippen molar-refractivity contribution < 1.29 is 17.9 Å². The fraction of sp³-hybridized carbons (Fsp3) is 0.333. The van der Waals surface area contributed by atoms with Crippen LogP contribution in [0.15, 0.2) is 52.4 Å². The van der Waals surface area contributed by atoms with E-state index in [9.17, 15) is 13.2 Å². The highest BCUT2D eigenvalue weighted by atomic mass is 32.2. The van der Waals surface area contributed by atoms with Crippen molar-refractivity contribution in [3.05, 3.63) is 52.8 Å². The van der Waals surface area contributed by atoms with Gasteiger partial charge in [0.25, 0.3) is 5.91 Å². The van der Waals surface area contributed by atoms with Gasteiger partial charge in [-0.2, -0.15) is 16.8 Å². The van der Waals surface area contributed by atoms with Gasteiger partial charge in [0, 0.05) is 12.3 Å². The van der Waals surface area contributed by atoms with Gasteiger partial charge < -0.3 is 9.30 Å². The Hall–Kier alpha value is -2.10. The molecular weight excluding hydrogens is 440 g/mol. The molecule has 0 bridgehead atoms. The van der Waals surface area contributed by atoms with E-state index in [0.29, 0.717) is 4.80 Å². The van der Waals surface area contributed by atoms with Crippen LogP contribution in [0.1, 0.15) is 12.5 Å². The predicted octanol–water partition coefficient (Wildman–Crippen LogP) is 3.54. The highest BCUT2D eigenvalue weighted by Gasteiger charge is 2.12. The van der Waals surface area contributed by atoms with E-state index in [1.54, 1.807) is 50.1 Å². The number of sulfone groups is 1. The Morgan fingerprint density at radius 2 is 1.93 bits per heavy atom. The van der Waals surface area contributed by atoms with Crippen LogP contribution >= 0.6 is 23.1 Å². The van der Waals surface area contributed by atoms with E-state index in [-0.39, 0.29) is 23.0 Å². The van der Waals surface area contributed by atoms with Crippen LogP contribution < -0.4 is 9.54 Å². The first-order valence-corrected chi connectivity index (χ1v) is 13.3. The molecule has 1 aromatic heterocycles. The molecule has 0 atom stereocenters. The van der Waals surface area contributed by atoms with E-state index in [0.717, 1.165) is 33.8 Å². The third-order valence-electron chi connectivity index (χ3n) is 4.65. The molecule has 6 nitrogen and oxygen atoms in total. The maximum absolute atomic E-state index is 12.6. The fourth-order valence-electron chi connectivity index (χ4n) is 2.97. The van der Waals surface area contributed by atoms with Gasteiger partial charge in [-0.3, -0.25) is 4.79 Å². The van der Waals surface area contributed by atoms with Gasteiger partial charge in [0.15, 0.2) is 14.6 Å². The first-order chi connectivity index (χ1) is 14.4. The molecule has 0 saturated carbocycles. The number of hydrogen-bond donors (Lipinski definition) is 0. The van der Waals surface area contributed by atoms with Gasteiger partial charge in [0.2, 0.25) is 0 Å². The second-order valence-corrected chi connectivity index (χ2v) is 10.9. The average molecular weight is 465 g/mol.